The molecule has 0 saturated carbocycles. The molecule has 0 heterocycles. The Balaban J connectivity index is 4.59. The Morgan fingerprint density at radius 1 is 1.16 bits per heavy atom. The average Bonchev–Trinajstić information content (AvgIpc) is 2.33. The van der Waals surface area contributed by atoms with Gasteiger partial charge in [0, 0.05) is 0 Å². The van der Waals surface area contributed by atoms with Crippen molar-refractivity contribution in [1.29, 1.82) is 0 Å². The minimum absolute atomic E-state index is 0.0765. The first-order valence-electron chi connectivity index (χ1n) is 5.95. The van der Waals surface area contributed by atoms with Crippen molar-refractivity contribution in [3.63, 3.8) is 0 Å². The van der Waals surface area contributed by atoms with E-state index in [1.165, 1.54) is 0 Å². The number of aliphatic hydroxyl groups excluding tert-OH is 1. The van der Waals surface area contributed by atoms with E-state index in [1.54, 1.807) is 0 Å². The maximum Gasteiger partial charge on any atom is 0.326 e. The third kappa shape index (κ3) is 6.73. The number of carboxylic acids is 1. The summed E-state index contributed by atoms with van der Waals surface area (Å²) < 4.78 is 0. The van der Waals surface area contributed by atoms with Gasteiger partial charge in [-0.3, -0.25) is 9.59 Å². The predicted octanol–water partition coefficient (Wildman–Crippen LogP) is -1.96. The second-order valence-corrected chi connectivity index (χ2v) is 4.54. The minimum atomic E-state index is -1.20. The van der Waals surface area contributed by atoms with Gasteiger partial charge in [-0.15, -0.1) is 0 Å². The zero-order chi connectivity index (χ0) is 15.0. The number of hydrogen-bond acceptors (Lipinski definition) is 5. The third-order valence-corrected chi connectivity index (χ3v) is 2.34. The van der Waals surface area contributed by atoms with Crippen molar-refractivity contribution in [3.8, 4) is 0 Å². The molecule has 0 spiro atoms. The van der Waals surface area contributed by atoms with Gasteiger partial charge in [0.1, 0.15) is 12.1 Å². The first kappa shape index (κ1) is 17.3. The first-order chi connectivity index (χ1) is 8.81. The summed E-state index contributed by atoms with van der Waals surface area (Å²) in [5.74, 6) is -2.45. The Morgan fingerprint density at radius 3 is 2.11 bits per heavy atom. The Hall–Kier alpha value is -1.67. The molecule has 0 bridgehead atoms. The number of carboxylic acid groups (broad SMARTS) is 1. The summed E-state index contributed by atoms with van der Waals surface area (Å²) >= 11 is 0. The molecule has 0 fully saturated rings. The van der Waals surface area contributed by atoms with E-state index >= 15 is 0 Å². The van der Waals surface area contributed by atoms with Crippen LogP contribution >= 0.6 is 0 Å². The van der Waals surface area contributed by atoms with E-state index in [0.717, 1.165) is 0 Å². The lowest BCUT2D eigenvalue weighted by Gasteiger charge is -2.20. The highest BCUT2D eigenvalue weighted by atomic mass is 16.4. The van der Waals surface area contributed by atoms with Crippen molar-refractivity contribution in [2.24, 2.45) is 11.7 Å². The molecule has 0 aromatic carbocycles. The van der Waals surface area contributed by atoms with E-state index in [0.29, 0.717) is 0 Å². The largest absolute Gasteiger partial charge is 0.480 e. The Morgan fingerprint density at radius 2 is 1.74 bits per heavy atom. The van der Waals surface area contributed by atoms with E-state index in [-0.39, 0.29) is 18.9 Å². The smallest absolute Gasteiger partial charge is 0.326 e. The Bertz CT molecular complexity index is 332. The molecule has 19 heavy (non-hydrogen) atoms. The summed E-state index contributed by atoms with van der Waals surface area (Å²) in [4.78, 5) is 33.7. The normalized spacial score (nSPS) is 13.7. The summed E-state index contributed by atoms with van der Waals surface area (Å²) in [6, 6.07) is -2.26. The molecule has 0 saturated heterocycles. The van der Waals surface area contributed by atoms with Crippen LogP contribution < -0.4 is 16.4 Å². The summed E-state index contributed by atoms with van der Waals surface area (Å²) in [5, 5.41) is 22.4. The van der Waals surface area contributed by atoms with Gasteiger partial charge in [-0.25, -0.2) is 4.79 Å². The topological polar surface area (TPSA) is 142 Å². The lowest BCUT2D eigenvalue weighted by molar-refractivity contribution is -0.142. The van der Waals surface area contributed by atoms with Crippen molar-refractivity contribution >= 4 is 17.8 Å². The van der Waals surface area contributed by atoms with Crippen molar-refractivity contribution < 1.29 is 24.6 Å². The fourth-order valence-electron chi connectivity index (χ4n) is 1.41. The lowest BCUT2D eigenvalue weighted by Crippen LogP contribution is -2.54. The van der Waals surface area contributed by atoms with Gasteiger partial charge in [-0.2, -0.15) is 0 Å². The molecular weight excluding hydrogens is 254 g/mol. The Kier molecular flexibility index (Phi) is 7.69. The molecule has 6 N–H and O–H groups in total. The molecule has 0 aromatic rings. The molecule has 8 nitrogen and oxygen atoms in total. The number of carbonyl (C=O) groups is 3. The molecule has 0 aliphatic carbocycles. The number of aliphatic carboxylic acids is 1. The van der Waals surface area contributed by atoms with Gasteiger partial charge in [0.2, 0.25) is 11.8 Å². The molecular formula is C11H21N3O5. The van der Waals surface area contributed by atoms with Gasteiger partial charge >= 0.3 is 5.97 Å². The number of aliphatic hydroxyl groups is 1. The van der Waals surface area contributed by atoms with E-state index in [2.05, 4.69) is 10.6 Å². The summed E-state index contributed by atoms with van der Waals surface area (Å²) in [6.07, 6.45) is 0.254. The number of amides is 2. The molecule has 0 aliphatic rings. The zero-order valence-electron chi connectivity index (χ0n) is 11.0. The van der Waals surface area contributed by atoms with Crippen LogP contribution in [0.1, 0.15) is 20.3 Å². The highest BCUT2D eigenvalue weighted by Gasteiger charge is 2.26. The van der Waals surface area contributed by atoms with Crippen LogP contribution in [0.25, 0.3) is 0 Å². The number of nitrogens with one attached hydrogen (secondary N) is 2. The number of carbonyl (C=O) groups excluding carboxylic acids is 2. The van der Waals surface area contributed by atoms with Gasteiger partial charge in [-0.05, 0) is 12.3 Å². The van der Waals surface area contributed by atoms with Crippen LogP contribution in [0.4, 0.5) is 0 Å². The molecule has 2 amide bonds. The van der Waals surface area contributed by atoms with Crippen molar-refractivity contribution in [3.05, 3.63) is 0 Å². The van der Waals surface area contributed by atoms with Crippen LogP contribution in [0.5, 0.6) is 0 Å². The monoisotopic (exact) mass is 275 g/mol. The molecule has 0 aromatic heterocycles. The van der Waals surface area contributed by atoms with E-state index in [9.17, 15) is 14.4 Å². The third-order valence-electron chi connectivity index (χ3n) is 2.34. The molecule has 110 valence electrons. The SMILES string of the molecule is CC(C)C[C@H](NC(=O)[C@H](CO)NC(=O)CN)C(=O)O. The molecule has 0 unspecified atom stereocenters. The van der Waals surface area contributed by atoms with Crippen molar-refractivity contribution in [1.82, 2.24) is 10.6 Å². The van der Waals surface area contributed by atoms with Gasteiger partial charge in [0.25, 0.3) is 0 Å². The quantitative estimate of drug-likeness (QED) is 0.348. The van der Waals surface area contributed by atoms with Crippen LogP contribution in [0.3, 0.4) is 0 Å². The Labute approximate surface area is 111 Å². The maximum absolute atomic E-state index is 11.7. The summed E-state index contributed by atoms with van der Waals surface area (Å²) in [7, 11) is 0. The first-order valence-corrected chi connectivity index (χ1v) is 5.95. The van der Waals surface area contributed by atoms with Crippen molar-refractivity contribution in [2.45, 2.75) is 32.4 Å². The molecule has 8 heteroatoms. The predicted molar refractivity (Wildman–Crippen MR) is 67.1 cm³/mol. The number of nitrogens with two attached hydrogens (primary N) is 1. The number of hydrogen-bond donors (Lipinski definition) is 5. The van der Waals surface area contributed by atoms with E-state index in [4.69, 9.17) is 15.9 Å². The van der Waals surface area contributed by atoms with Gasteiger partial charge in [0.15, 0.2) is 0 Å². The standard InChI is InChI=1S/C11H21N3O5/c1-6(2)3-7(11(18)19)14-10(17)8(5-15)13-9(16)4-12/h6-8,15H,3-5,12H2,1-2H3,(H,13,16)(H,14,17)(H,18,19)/t7-,8-/m0/s1. The van der Waals surface area contributed by atoms with E-state index < -0.39 is 36.5 Å². The van der Waals surface area contributed by atoms with Gasteiger partial charge < -0.3 is 26.6 Å². The molecule has 0 aliphatic heterocycles. The minimum Gasteiger partial charge on any atom is -0.480 e. The average molecular weight is 275 g/mol. The highest BCUT2D eigenvalue weighted by molar-refractivity contribution is 5.90. The molecule has 2 atom stereocenters. The van der Waals surface area contributed by atoms with Crippen LogP contribution in [0, 0.1) is 5.92 Å². The second-order valence-electron chi connectivity index (χ2n) is 4.54. The van der Waals surface area contributed by atoms with Crippen LogP contribution in [0.2, 0.25) is 0 Å². The fourth-order valence-corrected chi connectivity index (χ4v) is 1.41. The van der Waals surface area contributed by atoms with E-state index in [1.807, 2.05) is 13.8 Å². The van der Waals surface area contributed by atoms with Gasteiger partial charge in [-0.1, -0.05) is 13.8 Å². The van der Waals surface area contributed by atoms with Crippen LogP contribution in [0.15, 0.2) is 0 Å². The molecule has 0 rings (SSSR count). The number of rotatable bonds is 8. The fraction of sp³-hybridized carbons (Fsp3) is 0.727. The summed E-state index contributed by atoms with van der Waals surface area (Å²) in [5.41, 5.74) is 5.07. The zero-order valence-corrected chi connectivity index (χ0v) is 11.0. The highest BCUT2D eigenvalue weighted by Crippen LogP contribution is 2.05. The molecule has 0 radical (unpaired) electrons. The van der Waals surface area contributed by atoms with Crippen molar-refractivity contribution in [2.75, 3.05) is 13.2 Å². The maximum atomic E-state index is 11.7. The van der Waals surface area contributed by atoms with Gasteiger partial charge in [0.05, 0.1) is 13.2 Å². The summed E-state index contributed by atoms with van der Waals surface area (Å²) in [6.45, 7) is 2.69. The van der Waals surface area contributed by atoms with Crippen LogP contribution in [-0.4, -0.2) is 53.2 Å². The van der Waals surface area contributed by atoms with Crippen LogP contribution in [-0.2, 0) is 14.4 Å². The second kappa shape index (κ2) is 8.44. The lowest BCUT2D eigenvalue weighted by atomic mass is 10.0.